The van der Waals surface area contributed by atoms with E-state index < -0.39 is 11.9 Å². The molecule has 0 fully saturated rings. The van der Waals surface area contributed by atoms with Gasteiger partial charge in [-0.3, -0.25) is 9.59 Å². The van der Waals surface area contributed by atoms with Gasteiger partial charge in [-0.25, -0.2) is 4.98 Å². The van der Waals surface area contributed by atoms with E-state index in [9.17, 15) is 14.7 Å². The number of nitrogens with two attached hydrogens (primary N) is 1. The Morgan fingerprint density at radius 3 is 2.45 bits per heavy atom. The van der Waals surface area contributed by atoms with Crippen LogP contribution in [0.4, 0.5) is 5.13 Å². The fourth-order valence-electron chi connectivity index (χ4n) is 1.91. The first kappa shape index (κ1) is 16.4. The van der Waals surface area contributed by atoms with Crippen LogP contribution in [0.2, 0.25) is 0 Å². The number of nitrogens with one attached hydrogen (secondary N) is 1. The van der Waals surface area contributed by atoms with Crippen LogP contribution in [0, 0.1) is 18.3 Å². The summed E-state index contributed by atoms with van der Waals surface area (Å²) in [5.41, 5.74) is 5.99. The second kappa shape index (κ2) is 6.21. The highest BCUT2D eigenvalue weighted by atomic mass is 32.1. The number of thiazole rings is 1. The molecule has 0 spiro atoms. The van der Waals surface area contributed by atoms with Crippen molar-refractivity contribution in [2.24, 2.45) is 11.3 Å². The molecule has 1 aromatic heterocycles. The molecule has 0 saturated heterocycles. The smallest absolute Gasteiger partial charge is 0.308 e. The number of carboxylic acid groups (broad SMARTS) is 1. The number of nitrogen functional groups attached to an aromatic ring is 1. The molecular formula is C13H21N3O3S. The number of amides is 1. The number of hydrogen-bond acceptors (Lipinski definition) is 5. The minimum Gasteiger partial charge on any atom is -0.481 e. The largest absolute Gasteiger partial charge is 0.481 e. The topological polar surface area (TPSA) is 105 Å². The van der Waals surface area contributed by atoms with Gasteiger partial charge in [0.05, 0.1) is 11.6 Å². The Morgan fingerprint density at radius 1 is 1.45 bits per heavy atom. The number of carbonyl (C=O) groups is 2. The summed E-state index contributed by atoms with van der Waals surface area (Å²) in [6.07, 6.45) is 0.492. The second-order valence-electron chi connectivity index (χ2n) is 5.98. The zero-order chi connectivity index (χ0) is 15.5. The average molecular weight is 299 g/mol. The fraction of sp³-hybridized carbons (Fsp3) is 0.615. The minimum absolute atomic E-state index is 0.0999. The van der Waals surface area contributed by atoms with Crippen LogP contribution in [0.3, 0.4) is 0 Å². The summed E-state index contributed by atoms with van der Waals surface area (Å²) < 4.78 is 0. The van der Waals surface area contributed by atoms with Gasteiger partial charge in [0.1, 0.15) is 4.88 Å². The van der Waals surface area contributed by atoms with Gasteiger partial charge in [0, 0.05) is 6.54 Å². The molecule has 1 aromatic rings. The average Bonchev–Trinajstić information content (AvgIpc) is 2.61. The first-order valence-electron chi connectivity index (χ1n) is 6.34. The van der Waals surface area contributed by atoms with Crippen molar-refractivity contribution >= 4 is 28.3 Å². The summed E-state index contributed by atoms with van der Waals surface area (Å²) in [4.78, 5) is 27.6. The van der Waals surface area contributed by atoms with Crippen LogP contribution in [0.5, 0.6) is 0 Å². The molecule has 1 rings (SSSR count). The van der Waals surface area contributed by atoms with Crippen molar-refractivity contribution in [3.63, 3.8) is 0 Å². The van der Waals surface area contributed by atoms with E-state index in [1.165, 1.54) is 0 Å². The van der Waals surface area contributed by atoms with Gasteiger partial charge in [-0.15, -0.1) is 0 Å². The van der Waals surface area contributed by atoms with Gasteiger partial charge in [0.15, 0.2) is 5.13 Å². The number of aromatic nitrogens is 1. The van der Waals surface area contributed by atoms with Gasteiger partial charge < -0.3 is 16.2 Å². The third-order valence-corrected chi connectivity index (χ3v) is 3.72. The number of carbonyl (C=O) groups excluding carboxylic acids is 1. The lowest BCUT2D eigenvalue weighted by atomic mass is 9.84. The summed E-state index contributed by atoms with van der Waals surface area (Å²) in [5, 5.41) is 12.2. The number of anilines is 1. The summed E-state index contributed by atoms with van der Waals surface area (Å²) in [6, 6.07) is 0. The number of aliphatic carboxylic acids is 1. The van der Waals surface area contributed by atoms with Crippen molar-refractivity contribution in [3.8, 4) is 0 Å². The summed E-state index contributed by atoms with van der Waals surface area (Å²) in [6.45, 7) is 7.71. The highest BCUT2D eigenvalue weighted by Gasteiger charge is 2.25. The van der Waals surface area contributed by atoms with Crippen molar-refractivity contribution in [1.82, 2.24) is 10.3 Å². The molecule has 0 bridgehead atoms. The summed E-state index contributed by atoms with van der Waals surface area (Å²) in [7, 11) is 0. The van der Waals surface area contributed by atoms with E-state index in [0.29, 0.717) is 22.1 Å². The van der Waals surface area contributed by atoms with Crippen molar-refractivity contribution in [1.29, 1.82) is 0 Å². The van der Waals surface area contributed by atoms with Crippen molar-refractivity contribution < 1.29 is 14.7 Å². The summed E-state index contributed by atoms with van der Waals surface area (Å²) in [5.74, 6) is -1.83. The number of hydrogen-bond donors (Lipinski definition) is 3. The maximum Gasteiger partial charge on any atom is 0.308 e. The first-order chi connectivity index (χ1) is 9.10. The van der Waals surface area contributed by atoms with Crippen LogP contribution < -0.4 is 11.1 Å². The quantitative estimate of drug-likeness (QED) is 0.770. The number of rotatable bonds is 5. The Bertz CT molecular complexity index is 505. The molecule has 0 aromatic carbocycles. The number of aryl methyl sites for hydroxylation is 1. The van der Waals surface area contributed by atoms with Crippen molar-refractivity contribution in [2.45, 2.75) is 34.1 Å². The van der Waals surface area contributed by atoms with Gasteiger partial charge in [-0.2, -0.15) is 0 Å². The van der Waals surface area contributed by atoms with Gasteiger partial charge in [-0.05, 0) is 18.8 Å². The van der Waals surface area contributed by atoms with Crippen molar-refractivity contribution in [2.75, 3.05) is 12.3 Å². The molecule has 0 saturated carbocycles. The van der Waals surface area contributed by atoms with E-state index in [4.69, 9.17) is 5.73 Å². The standard InChI is InChI=1S/C13H21N3O3S/c1-7-9(20-12(14)16-7)10(17)15-6-8(11(18)19)5-13(2,3)4/h8H,5-6H2,1-4H3,(H2,14,16)(H,15,17)(H,18,19). The van der Waals surface area contributed by atoms with Crippen LogP contribution in [0.1, 0.15) is 42.6 Å². The fourth-order valence-corrected chi connectivity index (χ4v) is 2.66. The molecule has 0 aliphatic carbocycles. The third kappa shape index (κ3) is 4.80. The van der Waals surface area contributed by atoms with E-state index >= 15 is 0 Å². The Labute approximate surface area is 122 Å². The summed E-state index contributed by atoms with van der Waals surface area (Å²) >= 11 is 1.10. The van der Waals surface area contributed by atoms with Crippen LogP contribution in [0.15, 0.2) is 0 Å². The maximum atomic E-state index is 12.0. The van der Waals surface area contributed by atoms with Crippen LogP contribution >= 0.6 is 11.3 Å². The van der Waals surface area contributed by atoms with E-state index in [1.807, 2.05) is 20.8 Å². The van der Waals surface area contributed by atoms with E-state index in [-0.39, 0.29) is 17.9 Å². The SMILES string of the molecule is Cc1nc(N)sc1C(=O)NCC(CC(C)(C)C)C(=O)O. The maximum absolute atomic E-state index is 12.0. The molecule has 0 aliphatic heterocycles. The molecular weight excluding hydrogens is 278 g/mol. The van der Waals surface area contributed by atoms with E-state index in [2.05, 4.69) is 10.3 Å². The number of carboxylic acids is 1. The molecule has 4 N–H and O–H groups in total. The lowest BCUT2D eigenvalue weighted by Crippen LogP contribution is -2.34. The van der Waals surface area contributed by atoms with Gasteiger partial charge in [0.2, 0.25) is 0 Å². The van der Waals surface area contributed by atoms with Crippen LogP contribution in [0.25, 0.3) is 0 Å². The molecule has 1 heterocycles. The Hall–Kier alpha value is -1.63. The zero-order valence-electron chi connectivity index (χ0n) is 12.2. The highest BCUT2D eigenvalue weighted by molar-refractivity contribution is 7.17. The Balaban J connectivity index is 2.66. The van der Waals surface area contributed by atoms with Crippen LogP contribution in [-0.2, 0) is 4.79 Å². The predicted octanol–water partition coefficient (Wildman–Crippen LogP) is 1.90. The molecule has 1 unspecified atom stereocenters. The molecule has 112 valence electrons. The van der Waals surface area contributed by atoms with Gasteiger partial charge >= 0.3 is 5.97 Å². The van der Waals surface area contributed by atoms with Gasteiger partial charge in [-0.1, -0.05) is 32.1 Å². The minimum atomic E-state index is -0.902. The van der Waals surface area contributed by atoms with Crippen LogP contribution in [-0.4, -0.2) is 28.5 Å². The molecule has 0 radical (unpaired) electrons. The Kier molecular flexibility index (Phi) is 5.10. The monoisotopic (exact) mass is 299 g/mol. The first-order valence-corrected chi connectivity index (χ1v) is 7.15. The van der Waals surface area contributed by atoms with E-state index in [1.54, 1.807) is 6.92 Å². The predicted molar refractivity (Wildman–Crippen MR) is 78.8 cm³/mol. The molecule has 1 amide bonds. The second-order valence-corrected chi connectivity index (χ2v) is 7.01. The molecule has 1 atom stereocenters. The third-order valence-electron chi connectivity index (χ3n) is 2.74. The lowest BCUT2D eigenvalue weighted by Gasteiger charge is -2.23. The van der Waals surface area contributed by atoms with E-state index in [0.717, 1.165) is 11.3 Å². The molecule has 7 heteroatoms. The zero-order valence-corrected chi connectivity index (χ0v) is 13.0. The highest BCUT2D eigenvalue weighted by Crippen LogP contribution is 2.24. The lowest BCUT2D eigenvalue weighted by molar-refractivity contribution is -0.142. The molecule has 6 nitrogen and oxygen atoms in total. The molecule has 20 heavy (non-hydrogen) atoms. The van der Waals surface area contributed by atoms with Gasteiger partial charge in [0.25, 0.3) is 5.91 Å². The molecule has 0 aliphatic rings. The van der Waals surface area contributed by atoms with Crippen molar-refractivity contribution in [3.05, 3.63) is 10.6 Å². The Morgan fingerprint density at radius 2 is 2.05 bits per heavy atom. The number of nitrogens with zero attached hydrogens (tertiary/aromatic N) is 1. The normalized spacial score (nSPS) is 13.0.